The summed E-state index contributed by atoms with van der Waals surface area (Å²) in [6.45, 7) is 6.43. The van der Waals surface area contributed by atoms with Gasteiger partial charge in [-0.3, -0.25) is 14.4 Å². The van der Waals surface area contributed by atoms with Crippen LogP contribution in [0.2, 0.25) is 0 Å². The van der Waals surface area contributed by atoms with Crippen LogP contribution in [-0.4, -0.2) is 39.9 Å². The highest BCUT2D eigenvalue weighted by Gasteiger charge is 2.06. The Bertz CT molecular complexity index is 1150. The molecular weight excluding hydrogens is 432 g/mol. The molecule has 0 aliphatic carbocycles. The van der Waals surface area contributed by atoms with Crippen LogP contribution in [0.3, 0.4) is 0 Å². The van der Waals surface area contributed by atoms with Crippen molar-refractivity contribution in [1.29, 1.82) is 0 Å². The SMILES string of the molecule is CCOC(=O)Cc1cccc(Cn2nc(C)ccc2=O)c1.Cc1cccc(C(=O)CCCO)c1. The van der Waals surface area contributed by atoms with Crippen molar-refractivity contribution in [1.82, 2.24) is 9.78 Å². The monoisotopic (exact) mass is 464 g/mol. The second-order valence-electron chi connectivity index (χ2n) is 7.89. The van der Waals surface area contributed by atoms with E-state index in [1.807, 2.05) is 62.4 Å². The molecular formula is C27H32N2O5. The quantitative estimate of drug-likeness (QED) is 0.383. The van der Waals surface area contributed by atoms with Crippen LogP contribution in [-0.2, 0) is 22.5 Å². The Labute approximate surface area is 200 Å². The zero-order chi connectivity index (χ0) is 24.9. The number of esters is 1. The van der Waals surface area contributed by atoms with E-state index in [-0.39, 0.29) is 30.3 Å². The molecule has 0 fully saturated rings. The Hall–Kier alpha value is -3.58. The Kier molecular flexibility index (Phi) is 10.9. The van der Waals surface area contributed by atoms with Gasteiger partial charge in [-0.2, -0.15) is 5.10 Å². The molecule has 1 heterocycles. The van der Waals surface area contributed by atoms with Crippen molar-refractivity contribution >= 4 is 11.8 Å². The average Bonchev–Trinajstić information content (AvgIpc) is 2.81. The van der Waals surface area contributed by atoms with E-state index < -0.39 is 0 Å². The van der Waals surface area contributed by atoms with Gasteiger partial charge >= 0.3 is 5.97 Å². The summed E-state index contributed by atoms with van der Waals surface area (Å²) < 4.78 is 6.35. The lowest BCUT2D eigenvalue weighted by Gasteiger charge is -2.07. The van der Waals surface area contributed by atoms with Crippen molar-refractivity contribution < 1.29 is 19.4 Å². The maximum atomic E-state index is 11.7. The summed E-state index contributed by atoms with van der Waals surface area (Å²) in [5.74, 6) is -0.141. The third-order valence-electron chi connectivity index (χ3n) is 4.88. The molecule has 34 heavy (non-hydrogen) atoms. The maximum Gasteiger partial charge on any atom is 0.310 e. The van der Waals surface area contributed by atoms with Crippen molar-refractivity contribution in [2.45, 2.75) is 46.6 Å². The van der Waals surface area contributed by atoms with Crippen LogP contribution in [0.4, 0.5) is 0 Å². The molecule has 0 aliphatic rings. The fourth-order valence-corrected chi connectivity index (χ4v) is 3.26. The van der Waals surface area contributed by atoms with Crippen LogP contribution in [0.1, 0.15) is 52.5 Å². The van der Waals surface area contributed by atoms with Crippen LogP contribution in [0, 0.1) is 13.8 Å². The summed E-state index contributed by atoms with van der Waals surface area (Å²) >= 11 is 0. The smallest absolute Gasteiger partial charge is 0.310 e. The fraction of sp³-hybridized carbons (Fsp3) is 0.333. The van der Waals surface area contributed by atoms with Gasteiger partial charge in [-0.1, -0.05) is 48.0 Å². The van der Waals surface area contributed by atoms with Gasteiger partial charge in [0.15, 0.2) is 5.78 Å². The standard InChI is InChI=1S/C16H18N2O3.C11H14O2/c1-3-21-16(20)10-13-5-4-6-14(9-13)11-18-15(19)8-7-12(2)17-18;1-9-4-2-5-10(8-9)11(13)6-3-7-12/h4-9H,3,10-11H2,1-2H3;2,4-5,8,12H,3,6-7H2,1H3. The van der Waals surface area contributed by atoms with Gasteiger partial charge in [-0.05, 0) is 50.5 Å². The van der Waals surface area contributed by atoms with Gasteiger partial charge in [-0.25, -0.2) is 4.68 Å². The second-order valence-corrected chi connectivity index (χ2v) is 7.89. The summed E-state index contributed by atoms with van der Waals surface area (Å²) in [6.07, 6.45) is 1.21. The van der Waals surface area contributed by atoms with Crippen LogP contribution in [0.15, 0.2) is 65.5 Å². The molecule has 0 saturated carbocycles. The first-order valence-corrected chi connectivity index (χ1v) is 11.3. The van der Waals surface area contributed by atoms with Crippen LogP contribution < -0.4 is 5.56 Å². The third kappa shape index (κ3) is 9.11. The highest BCUT2D eigenvalue weighted by atomic mass is 16.5. The first kappa shape index (κ1) is 26.7. The van der Waals surface area contributed by atoms with Crippen LogP contribution in [0.25, 0.3) is 0 Å². The normalized spacial score (nSPS) is 10.2. The first-order valence-electron chi connectivity index (χ1n) is 11.3. The Morgan fingerprint density at radius 2 is 1.74 bits per heavy atom. The number of aliphatic hydroxyl groups is 1. The Balaban J connectivity index is 0.000000270. The predicted octanol–water partition coefficient (Wildman–Crippen LogP) is 3.66. The molecule has 1 N–H and O–H groups in total. The highest BCUT2D eigenvalue weighted by molar-refractivity contribution is 5.96. The maximum absolute atomic E-state index is 11.7. The van der Waals surface area contributed by atoms with E-state index in [0.29, 0.717) is 26.0 Å². The minimum Gasteiger partial charge on any atom is -0.466 e. The Morgan fingerprint density at radius 1 is 1.00 bits per heavy atom. The van der Waals surface area contributed by atoms with E-state index in [2.05, 4.69) is 5.10 Å². The third-order valence-corrected chi connectivity index (χ3v) is 4.88. The number of ether oxygens (including phenoxy) is 1. The minimum atomic E-state index is -0.250. The molecule has 7 nitrogen and oxygen atoms in total. The molecule has 1 aromatic heterocycles. The van der Waals surface area contributed by atoms with E-state index in [0.717, 1.165) is 27.9 Å². The average molecular weight is 465 g/mol. The van der Waals surface area contributed by atoms with Crippen molar-refractivity contribution in [3.05, 3.63) is 99.0 Å². The lowest BCUT2D eigenvalue weighted by atomic mass is 10.0. The van der Waals surface area contributed by atoms with Gasteiger partial charge in [0.2, 0.25) is 0 Å². The molecule has 180 valence electrons. The largest absolute Gasteiger partial charge is 0.466 e. The fourth-order valence-electron chi connectivity index (χ4n) is 3.26. The molecule has 0 spiro atoms. The summed E-state index contributed by atoms with van der Waals surface area (Å²) in [4.78, 5) is 34.7. The number of aryl methyl sites for hydroxylation is 2. The van der Waals surface area contributed by atoms with Crippen molar-refractivity contribution in [3.8, 4) is 0 Å². The number of carbonyl (C=O) groups is 2. The zero-order valence-corrected chi connectivity index (χ0v) is 20.0. The number of carbonyl (C=O) groups excluding carboxylic acids is 2. The van der Waals surface area contributed by atoms with E-state index >= 15 is 0 Å². The number of benzene rings is 2. The summed E-state index contributed by atoms with van der Waals surface area (Å²) in [5, 5.41) is 12.8. The zero-order valence-electron chi connectivity index (χ0n) is 20.0. The summed E-state index contributed by atoms with van der Waals surface area (Å²) in [7, 11) is 0. The lowest BCUT2D eigenvalue weighted by Crippen LogP contribution is -2.23. The number of aromatic nitrogens is 2. The number of aliphatic hydroxyl groups excluding tert-OH is 1. The molecule has 0 atom stereocenters. The predicted molar refractivity (Wildman–Crippen MR) is 131 cm³/mol. The second kappa shape index (κ2) is 13.9. The molecule has 0 amide bonds. The van der Waals surface area contributed by atoms with Gasteiger partial charge in [0.05, 0.1) is 25.3 Å². The molecule has 0 unspecified atom stereocenters. The molecule has 3 aromatic rings. The van der Waals surface area contributed by atoms with E-state index in [1.54, 1.807) is 13.0 Å². The number of hydrogen-bond donors (Lipinski definition) is 1. The van der Waals surface area contributed by atoms with Gasteiger partial charge < -0.3 is 9.84 Å². The van der Waals surface area contributed by atoms with Crippen molar-refractivity contribution in [2.24, 2.45) is 0 Å². The molecule has 0 radical (unpaired) electrons. The van der Waals surface area contributed by atoms with Crippen LogP contribution >= 0.6 is 0 Å². The molecule has 2 aromatic carbocycles. The summed E-state index contributed by atoms with van der Waals surface area (Å²) in [6, 6.07) is 18.3. The minimum absolute atomic E-state index is 0.0809. The molecule has 0 bridgehead atoms. The number of ketones is 1. The number of Topliss-reactive ketones (excluding diaryl/α,β-unsaturated/α-hetero) is 1. The summed E-state index contributed by atoms with van der Waals surface area (Å²) in [5.41, 5.74) is 4.28. The number of nitrogens with zero attached hydrogens (tertiary/aromatic N) is 2. The topological polar surface area (TPSA) is 98.5 Å². The van der Waals surface area contributed by atoms with Gasteiger partial charge in [0.1, 0.15) is 0 Å². The van der Waals surface area contributed by atoms with E-state index in [1.165, 1.54) is 10.7 Å². The van der Waals surface area contributed by atoms with Crippen LogP contribution in [0.5, 0.6) is 0 Å². The molecule has 7 heteroatoms. The first-order chi connectivity index (χ1) is 16.3. The number of rotatable bonds is 9. The van der Waals surface area contributed by atoms with Gasteiger partial charge in [0, 0.05) is 24.7 Å². The molecule has 0 aliphatic heterocycles. The highest BCUT2D eigenvalue weighted by Crippen LogP contribution is 2.09. The molecule has 3 rings (SSSR count). The molecule has 0 saturated heterocycles. The number of hydrogen-bond acceptors (Lipinski definition) is 6. The van der Waals surface area contributed by atoms with Crippen molar-refractivity contribution in [2.75, 3.05) is 13.2 Å². The van der Waals surface area contributed by atoms with Gasteiger partial charge in [0.25, 0.3) is 5.56 Å². The van der Waals surface area contributed by atoms with Gasteiger partial charge in [-0.15, -0.1) is 0 Å². The van der Waals surface area contributed by atoms with E-state index in [9.17, 15) is 14.4 Å². The lowest BCUT2D eigenvalue weighted by molar-refractivity contribution is -0.142. The van der Waals surface area contributed by atoms with E-state index in [4.69, 9.17) is 9.84 Å². The van der Waals surface area contributed by atoms with Crippen molar-refractivity contribution in [3.63, 3.8) is 0 Å². The Morgan fingerprint density at radius 3 is 2.44 bits per heavy atom.